The number of nitrogens with zero attached hydrogens (tertiary/aromatic N) is 2. The number of guanidine groups is 1. The number of amides is 1. The fraction of sp³-hybridized carbons (Fsp3) is 0.381. The second-order valence-electron chi connectivity index (χ2n) is 6.86. The minimum absolute atomic E-state index is 0. The summed E-state index contributed by atoms with van der Waals surface area (Å²) in [5, 5.41) is 9.07. The van der Waals surface area contributed by atoms with Crippen LogP contribution in [0.2, 0.25) is 0 Å². The van der Waals surface area contributed by atoms with E-state index in [0.29, 0.717) is 24.2 Å². The number of aromatic nitrogens is 1. The molecule has 7 nitrogen and oxygen atoms in total. The molecule has 0 fully saturated rings. The van der Waals surface area contributed by atoms with Crippen molar-refractivity contribution in [1.29, 1.82) is 0 Å². The number of carbonyl (C=O) groups excluding carboxylic acids is 1. The number of hydrogen-bond acceptors (Lipinski definition) is 4. The van der Waals surface area contributed by atoms with Crippen LogP contribution >= 0.6 is 24.0 Å². The van der Waals surface area contributed by atoms with Gasteiger partial charge in [-0.3, -0.25) is 14.8 Å². The van der Waals surface area contributed by atoms with Gasteiger partial charge in [-0.1, -0.05) is 26.0 Å². The molecule has 0 aliphatic carbocycles. The molecule has 8 heteroatoms. The zero-order valence-corrected chi connectivity index (χ0v) is 19.6. The summed E-state index contributed by atoms with van der Waals surface area (Å²) >= 11 is 0. The van der Waals surface area contributed by atoms with Crippen molar-refractivity contribution in [3.8, 4) is 5.75 Å². The number of rotatable bonds is 8. The molecule has 0 bridgehead atoms. The van der Waals surface area contributed by atoms with Crippen LogP contribution in [0, 0.1) is 5.92 Å². The van der Waals surface area contributed by atoms with Gasteiger partial charge in [0.1, 0.15) is 5.75 Å². The van der Waals surface area contributed by atoms with Crippen LogP contribution in [0.3, 0.4) is 0 Å². The third-order valence-corrected chi connectivity index (χ3v) is 3.90. The SMILES string of the molecule is CN=C(NCC(=O)Nc1cccnc1)NC(C)c1ccc(OCC(C)C)cc1.I. The number of nitrogens with one attached hydrogen (secondary N) is 3. The molecule has 1 heterocycles. The highest BCUT2D eigenvalue weighted by Gasteiger charge is 2.10. The molecule has 1 aromatic carbocycles. The van der Waals surface area contributed by atoms with E-state index in [1.165, 1.54) is 0 Å². The summed E-state index contributed by atoms with van der Waals surface area (Å²) in [6.07, 6.45) is 3.26. The number of anilines is 1. The fourth-order valence-electron chi connectivity index (χ4n) is 2.40. The molecule has 0 spiro atoms. The maximum Gasteiger partial charge on any atom is 0.243 e. The zero-order valence-electron chi connectivity index (χ0n) is 17.3. The van der Waals surface area contributed by atoms with Gasteiger partial charge in [-0.2, -0.15) is 0 Å². The molecular formula is C21H30IN5O2. The summed E-state index contributed by atoms with van der Waals surface area (Å²) in [7, 11) is 1.67. The predicted molar refractivity (Wildman–Crippen MR) is 128 cm³/mol. The van der Waals surface area contributed by atoms with Crippen LogP contribution < -0.4 is 20.7 Å². The molecular weight excluding hydrogens is 481 g/mol. The highest BCUT2D eigenvalue weighted by atomic mass is 127. The molecule has 1 aromatic heterocycles. The summed E-state index contributed by atoms with van der Waals surface area (Å²) in [5.41, 5.74) is 1.75. The summed E-state index contributed by atoms with van der Waals surface area (Å²) in [4.78, 5) is 20.2. The van der Waals surface area contributed by atoms with Crippen LogP contribution in [-0.4, -0.2) is 37.1 Å². The van der Waals surface area contributed by atoms with Crippen molar-refractivity contribution in [1.82, 2.24) is 15.6 Å². The highest BCUT2D eigenvalue weighted by molar-refractivity contribution is 14.0. The maximum absolute atomic E-state index is 12.0. The lowest BCUT2D eigenvalue weighted by molar-refractivity contribution is -0.115. The first kappa shape index (κ1) is 24.7. The Hall–Kier alpha value is -2.36. The van der Waals surface area contributed by atoms with Crippen molar-refractivity contribution >= 4 is 41.5 Å². The second kappa shape index (κ2) is 13.0. The first-order chi connectivity index (χ1) is 13.5. The molecule has 29 heavy (non-hydrogen) atoms. The molecule has 158 valence electrons. The van der Waals surface area contributed by atoms with E-state index in [-0.39, 0.29) is 42.5 Å². The van der Waals surface area contributed by atoms with Crippen molar-refractivity contribution in [3.05, 3.63) is 54.4 Å². The standard InChI is InChI=1S/C21H29N5O2.HI/c1-15(2)14-28-19-9-7-17(8-10-19)16(3)25-21(22-4)24-13-20(27)26-18-6-5-11-23-12-18;/h5-12,15-16H,13-14H2,1-4H3,(H,26,27)(H2,22,24,25);1H. The third-order valence-electron chi connectivity index (χ3n) is 3.90. The Morgan fingerprint density at radius 3 is 2.48 bits per heavy atom. The van der Waals surface area contributed by atoms with Crippen molar-refractivity contribution < 1.29 is 9.53 Å². The Balaban J connectivity index is 0.00000420. The largest absolute Gasteiger partial charge is 0.493 e. The van der Waals surface area contributed by atoms with E-state index < -0.39 is 0 Å². The number of hydrogen-bond donors (Lipinski definition) is 3. The summed E-state index contributed by atoms with van der Waals surface area (Å²) in [6.45, 7) is 7.08. The van der Waals surface area contributed by atoms with Crippen molar-refractivity contribution in [3.63, 3.8) is 0 Å². The fourth-order valence-corrected chi connectivity index (χ4v) is 2.40. The molecule has 0 aliphatic heterocycles. The van der Waals surface area contributed by atoms with Crippen LogP contribution in [0.4, 0.5) is 5.69 Å². The third kappa shape index (κ3) is 9.12. The minimum Gasteiger partial charge on any atom is -0.493 e. The van der Waals surface area contributed by atoms with E-state index in [2.05, 4.69) is 39.8 Å². The van der Waals surface area contributed by atoms with Crippen LogP contribution in [0.5, 0.6) is 5.75 Å². The van der Waals surface area contributed by atoms with Gasteiger partial charge < -0.3 is 20.7 Å². The molecule has 2 rings (SSSR count). The Bertz CT molecular complexity index is 766. The van der Waals surface area contributed by atoms with Gasteiger partial charge in [0.05, 0.1) is 31.1 Å². The lowest BCUT2D eigenvalue weighted by Gasteiger charge is -2.18. The lowest BCUT2D eigenvalue weighted by atomic mass is 10.1. The van der Waals surface area contributed by atoms with Crippen LogP contribution in [0.25, 0.3) is 0 Å². The van der Waals surface area contributed by atoms with Gasteiger partial charge in [-0.15, -0.1) is 24.0 Å². The molecule has 1 atom stereocenters. The number of carbonyl (C=O) groups is 1. The minimum atomic E-state index is -0.171. The topological polar surface area (TPSA) is 87.6 Å². The lowest BCUT2D eigenvalue weighted by Crippen LogP contribution is -2.42. The number of aliphatic imine (C=N–C) groups is 1. The van der Waals surface area contributed by atoms with Gasteiger partial charge in [0.2, 0.25) is 5.91 Å². The molecule has 0 aliphatic rings. The van der Waals surface area contributed by atoms with Crippen LogP contribution in [0.1, 0.15) is 32.4 Å². The Morgan fingerprint density at radius 2 is 1.90 bits per heavy atom. The summed E-state index contributed by atoms with van der Waals surface area (Å²) in [5.74, 6) is 1.73. The maximum atomic E-state index is 12.0. The van der Waals surface area contributed by atoms with Gasteiger partial charge >= 0.3 is 0 Å². The molecule has 2 aromatic rings. The van der Waals surface area contributed by atoms with Crippen molar-refractivity contribution in [2.24, 2.45) is 10.9 Å². The molecule has 3 N–H and O–H groups in total. The van der Waals surface area contributed by atoms with E-state index in [1.807, 2.05) is 31.2 Å². The average Bonchev–Trinajstić information content (AvgIpc) is 2.70. The number of ether oxygens (including phenoxy) is 1. The first-order valence-corrected chi connectivity index (χ1v) is 9.37. The number of pyridine rings is 1. The molecule has 1 unspecified atom stereocenters. The summed E-state index contributed by atoms with van der Waals surface area (Å²) < 4.78 is 5.71. The van der Waals surface area contributed by atoms with Gasteiger partial charge in [-0.05, 0) is 42.7 Å². The Morgan fingerprint density at radius 1 is 1.17 bits per heavy atom. The number of benzene rings is 1. The molecule has 0 saturated carbocycles. The Kier molecular flexibility index (Phi) is 11.0. The molecule has 1 amide bonds. The van der Waals surface area contributed by atoms with E-state index in [9.17, 15) is 4.79 Å². The van der Waals surface area contributed by atoms with Crippen molar-refractivity contribution in [2.45, 2.75) is 26.8 Å². The smallest absolute Gasteiger partial charge is 0.243 e. The second-order valence-corrected chi connectivity index (χ2v) is 6.86. The van der Waals surface area contributed by atoms with Gasteiger partial charge in [0.25, 0.3) is 0 Å². The van der Waals surface area contributed by atoms with Crippen molar-refractivity contribution in [2.75, 3.05) is 25.5 Å². The molecule has 0 radical (unpaired) electrons. The molecule has 0 saturated heterocycles. The Labute approximate surface area is 189 Å². The van der Waals surface area contributed by atoms with E-state index in [1.54, 1.807) is 31.6 Å². The average molecular weight is 511 g/mol. The van der Waals surface area contributed by atoms with Crippen LogP contribution in [-0.2, 0) is 4.79 Å². The predicted octanol–water partition coefficient (Wildman–Crippen LogP) is 3.60. The van der Waals surface area contributed by atoms with E-state index in [0.717, 1.165) is 11.3 Å². The quantitative estimate of drug-likeness (QED) is 0.287. The van der Waals surface area contributed by atoms with E-state index >= 15 is 0 Å². The number of halogens is 1. The normalized spacial score (nSPS) is 12.0. The van der Waals surface area contributed by atoms with Gasteiger partial charge in [0, 0.05) is 13.2 Å². The van der Waals surface area contributed by atoms with E-state index in [4.69, 9.17) is 4.74 Å². The monoisotopic (exact) mass is 511 g/mol. The van der Waals surface area contributed by atoms with Gasteiger partial charge in [0.15, 0.2) is 5.96 Å². The van der Waals surface area contributed by atoms with Gasteiger partial charge in [-0.25, -0.2) is 0 Å². The summed E-state index contributed by atoms with van der Waals surface area (Å²) in [6, 6.07) is 11.6. The van der Waals surface area contributed by atoms with Crippen LogP contribution in [0.15, 0.2) is 53.8 Å². The highest BCUT2D eigenvalue weighted by Crippen LogP contribution is 2.18. The first-order valence-electron chi connectivity index (χ1n) is 9.37. The zero-order chi connectivity index (χ0) is 20.4.